The molecule has 1 saturated heterocycles. The largest absolute Gasteiger partial charge is 0.416 e. The van der Waals surface area contributed by atoms with E-state index in [1.807, 2.05) is 0 Å². The number of hydrogen-bond acceptors (Lipinski definition) is 2. The van der Waals surface area contributed by atoms with E-state index < -0.39 is 42.4 Å². The molecule has 154 valence electrons. The van der Waals surface area contributed by atoms with Crippen LogP contribution in [-0.2, 0) is 17.5 Å². The van der Waals surface area contributed by atoms with E-state index in [9.17, 15) is 35.9 Å². The van der Waals surface area contributed by atoms with Gasteiger partial charge in [0.05, 0.1) is 12.1 Å². The molecule has 1 atom stereocenters. The summed E-state index contributed by atoms with van der Waals surface area (Å²) in [6.45, 7) is 1.83. The number of urea groups is 1. The SMILES string of the molecule is C=CC(=O)N1CCN(C(=O)NCc2ccc(C(F)(F)F)cc2)C(C(F)(F)F)C1. The maximum atomic E-state index is 13.3. The van der Waals surface area contributed by atoms with Crippen molar-refractivity contribution < 1.29 is 35.9 Å². The van der Waals surface area contributed by atoms with Gasteiger partial charge in [-0.3, -0.25) is 4.79 Å². The highest BCUT2D eigenvalue weighted by Gasteiger charge is 2.48. The second-order valence-electron chi connectivity index (χ2n) is 6.09. The summed E-state index contributed by atoms with van der Waals surface area (Å²) in [7, 11) is 0. The lowest BCUT2D eigenvalue weighted by Crippen LogP contribution is -2.63. The third kappa shape index (κ3) is 5.17. The number of alkyl halides is 6. The van der Waals surface area contributed by atoms with Gasteiger partial charge in [-0.25, -0.2) is 4.79 Å². The molecule has 5 nitrogen and oxygen atoms in total. The lowest BCUT2D eigenvalue weighted by molar-refractivity contribution is -0.188. The number of amides is 3. The molecule has 0 bridgehead atoms. The van der Waals surface area contributed by atoms with Crippen LogP contribution in [0.1, 0.15) is 11.1 Å². The first kappa shape index (κ1) is 21.6. The summed E-state index contributed by atoms with van der Waals surface area (Å²) in [6, 6.07) is 0.681. The Hall–Kier alpha value is -2.72. The van der Waals surface area contributed by atoms with E-state index in [4.69, 9.17) is 0 Å². The van der Waals surface area contributed by atoms with Crippen LogP contribution in [0.5, 0.6) is 0 Å². The number of hydrogen-bond donors (Lipinski definition) is 1. The molecule has 1 aliphatic rings. The molecule has 11 heteroatoms. The minimum Gasteiger partial charge on any atom is -0.335 e. The molecule has 0 spiro atoms. The minimum atomic E-state index is -4.76. The number of benzene rings is 1. The third-order valence-corrected chi connectivity index (χ3v) is 4.23. The average molecular weight is 409 g/mol. The van der Waals surface area contributed by atoms with Gasteiger partial charge in [0.15, 0.2) is 0 Å². The Morgan fingerprint density at radius 2 is 1.71 bits per heavy atom. The van der Waals surface area contributed by atoms with Crippen LogP contribution in [-0.4, -0.2) is 53.6 Å². The zero-order chi connectivity index (χ0) is 21.1. The summed E-state index contributed by atoms with van der Waals surface area (Å²) in [4.78, 5) is 25.3. The van der Waals surface area contributed by atoms with E-state index >= 15 is 0 Å². The van der Waals surface area contributed by atoms with Gasteiger partial charge in [-0.2, -0.15) is 26.3 Å². The summed E-state index contributed by atoms with van der Waals surface area (Å²) in [5, 5.41) is 2.27. The van der Waals surface area contributed by atoms with Gasteiger partial charge in [0.2, 0.25) is 5.91 Å². The second-order valence-corrected chi connectivity index (χ2v) is 6.09. The number of carbonyl (C=O) groups is 2. The van der Waals surface area contributed by atoms with E-state index in [-0.39, 0.29) is 19.6 Å². The fourth-order valence-electron chi connectivity index (χ4n) is 2.73. The average Bonchev–Trinajstić information content (AvgIpc) is 2.63. The number of rotatable bonds is 3. The molecule has 0 aliphatic carbocycles. The zero-order valence-corrected chi connectivity index (χ0v) is 14.5. The van der Waals surface area contributed by atoms with Gasteiger partial charge in [0.1, 0.15) is 6.04 Å². The molecule has 0 aromatic heterocycles. The van der Waals surface area contributed by atoms with E-state index in [1.54, 1.807) is 0 Å². The first-order valence-electron chi connectivity index (χ1n) is 8.12. The van der Waals surface area contributed by atoms with Crippen LogP contribution in [0.4, 0.5) is 31.1 Å². The van der Waals surface area contributed by atoms with Gasteiger partial charge < -0.3 is 15.1 Å². The van der Waals surface area contributed by atoms with Crippen LogP contribution in [0, 0.1) is 0 Å². The molecule has 1 aromatic rings. The van der Waals surface area contributed by atoms with Gasteiger partial charge in [0, 0.05) is 19.6 Å². The molecule has 2 rings (SSSR count). The maximum Gasteiger partial charge on any atom is 0.416 e. The van der Waals surface area contributed by atoms with Crippen LogP contribution in [0.3, 0.4) is 0 Å². The van der Waals surface area contributed by atoms with E-state index in [2.05, 4.69) is 11.9 Å². The number of carbonyl (C=O) groups excluding carboxylic acids is 2. The highest BCUT2D eigenvalue weighted by atomic mass is 19.4. The third-order valence-electron chi connectivity index (χ3n) is 4.23. The summed E-state index contributed by atoms with van der Waals surface area (Å²) in [6.07, 6.45) is -8.37. The Labute approximate surface area is 156 Å². The fourth-order valence-corrected chi connectivity index (χ4v) is 2.73. The lowest BCUT2D eigenvalue weighted by atomic mass is 10.1. The molecular formula is C17H17F6N3O2. The highest BCUT2D eigenvalue weighted by molar-refractivity contribution is 5.87. The van der Waals surface area contributed by atoms with Gasteiger partial charge in [-0.15, -0.1) is 0 Å². The topological polar surface area (TPSA) is 52.7 Å². The number of nitrogens with one attached hydrogen (secondary N) is 1. The van der Waals surface area contributed by atoms with Gasteiger partial charge >= 0.3 is 18.4 Å². The van der Waals surface area contributed by atoms with Crippen LogP contribution in [0.25, 0.3) is 0 Å². The smallest absolute Gasteiger partial charge is 0.335 e. The predicted molar refractivity (Wildman–Crippen MR) is 87.0 cm³/mol. The Bertz CT molecular complexity index is 730. The second kappa shape index (κ2) is 8.11. The van der Waals surface area contributed by atoms with Crippen molar-refractivity contribution >= 4 is 11.9 Å². The normalized spacial score (nSPS) is 18.0. The first-order chi connectivity index (χ1) is 12.9. The molecule has 1 unspecified atom stereocenters. The highest BCUT2D eigenvalue weighted by Crippen LogP contribution is 2.30. The molecule has 28 heavy (non-hydrogen) atoms. The molecule has 0 radical (unpaired) electrons. The lowest BCUT2D eigenvalue weighted by Gasteiger charge is -2.41. The molecule has 1 aromatic carbocycles. The predicted octanol–water partition coefficient (Wildman–Crippen LogP) is 3.18. The maximum absolute atomic E-state index is 13.3. The fraction of sp³-hybridized carbons (Fsp3) is 0.412. The van der Waals surface area contributed by atoms with E-state index in [0.717, 1.165) is 35.2 Å². The van der Waals surface area contributed by atoms with Crippen molar-refractivity contribution in [3.05, 3.63) is 48.0 Å². The molecule has 1 N–H and O–H groups in total. The van der Waals surface area contributed by atoms with Crippen molar-refractivity contribution in [1.82, 2.24) is 15.1 Å². The van der Waals surface area contributed by atoms with Crippen molar-refractivity contribution in [2.75, 3.05) is 19.6 Å². The van der Waals surface area contributed by atoms with Crippen LogP contribution in [0.2, 0.25) is 0 Å². The van der Waals surface area contributed by atoms with Crippen LogP contribution < -0.4 is 5.32 Å². The molecule has 1 aliphatic heterocycles. The van der Waals surface area contributed by atoms with Crippen molar-refractivity contribution in [3.63, 3.8) is 0 Å². The van der Waals surface area contributed by atoms with Crippen LogP contribution >= 0.6 is 0 Å². The summed E-state index contributed by atoms with van der Waals surface area (Å²) < 4.78 is 77.5. The Morgan fingerprint density at radius 1 is 1.11 bits per heavy atom. The number of halogens is 6. The van der Waals surface area contributed by atoms with Crippen molar-refractivity contribution in [1.29, 1.82) is 0 Å². The summed E-state index contributed by atoms with van der Waals surface area (Å²) >= 11 is 0. The quantitative estimate of drug-likeness (QED) is 0.616. The van der Waals surface area contributed by atoms with E-state index in [0.29, 0.717) is 10.5 Å². The number of piperazine rings is 1. The van der Waals surface area contributed by atoms with Gasteiger partial charge in [-0.1, -0.05) is 18.7 Å². The minimum absolute atomic E-state index is 0.0921. The van der Waals surface area contributed by atoms with Gasteiger partial charge in [0.25, 0.3) is 0 Å². The zero-order valence-electron chi connectivity index (χ0n) is 14.5. The Balaban J connectivity index is 2.03. The Morgan fingerprint density at radius 3 is 2.21 bits per heavy atom. The molecule has 1 fully saturated rings. The van der Waals surface area contributed by atoms with Gasteiger partial charge in [-0.05, 0) is 23.8 Å². The monoisotopic (exact) mass is 409 g/mol. The van der Waals surface area contributed by atoms with E-state index in [1.165, 1.54) is 0 Å². The summed E-state index contributed by atoms with van der Waals surface area (Å²) in [5.41, 5.74) is -0.576. The molecule has 1 heterocycles. The standard InChI is InChI=1S/C17H17F6N3O2/c1-2-14(27)25-7-8-26(13(10-25)17(21,22)23)15(28)24-9-11-3-5-12(6-4-11)16(18,19)20/h2-6,13H,1,7-10H2,(H,24,28). The van der Waals surface area contributed by atoms with Crippen molar-refractivity contribution in [2.24, 2.45) is 0 Å². The van der Waals surface area contributed by atoms with Crippen LogP contribution in [0.15, 0.2) is 36.9 Å². The molecule has 0 saturated carbocycles. The molecular weight excluding hydrogens is 392 g/mol. The Kier molecular flexibility index (Phi) is 6.25. The first-order valence-corrected chi connectivity index (χ1v) is 8.12. The van der Waals surface area contributed by atoms with Crippen molar-refractivity contribution in [3.8, 4) is 0 Å². The van der Waals surface area contributed by atoms with Crippen molar-refractivity contribution in [2.45, 2.75) is 24.9 Å². The number of nitrogens with zero attached hydrogens (tertiary/aromatic N) is 2. The molecule has 3 amide bonds. The summed E-state index contributed by atoms with van der Waals surface area (Å²) in [5.74, 6) is -0.668.